The van der Waals surface area contributed by atoms with E-state index in [1.807, 2.05) is 18.2 Å². The van der Waals surface area contributed by atoms with Crippen LogP contribution in [0.25, 0.3) is 11.0 Å². The Hall–Kier alpha value is -1.06. The number of imidazole rings is 1. The Morgan fingerprint density at radius 1 is 1.32 bits per heavy atom. The van der Waals surface area contributed by atoms with E-state index in [0.717, 1.165) is 41.4 Å². The predicted molar refractivity (Wildman–Crippen MR) is 81.9 cm³/mol. The summed E-state index contributed by atoms with van der Waals surface area (Å²) in [4.78, 5) is 4.71. The van der Waals surface area contributed by atoms with Crippen LogP contribution in [0.1, 0.15) is 33.5 Å². The lowest BCUT2D eigenvalue weighted by Gasteiger charge is -2.20. The highest BCUT2D eigenvalue weighted by Crippen LogP contribution is 2.21. The number of nitrogens with one attached hydrogen (secondary N) is 1. The zero-order chi connectivity index (χ0) is 14.0. The van der Waals surface area contributed by atoms with Gasteiger partial charge in [-0.1, -0.05) is 11.6 Å². The molecule has 4 heteroatoms. The number of halogens is 1. The molecule has 2 rings (SSSR count). The highest BCUT2D eigenvalue weighted by Gasteiger charge is 2.12. The van der Waals surface area contributed by atoms with Gasteiger partial charge in [-0.15, -0.1) is 0 Å². The number of hydrogen-bond donors (Lipinski definition) is 1. The number of nitrogens with zero attached hydrogens (tertiary/aromatic N) is 2. The van der Waals surface area contributed by atoms with Crippen molar-refractivity contribution >= 4 is 22.6 Å². The maximum Gasteiger partial charge on any atom is 0.111 e. The molecule has 0 saturated heterocycles. The fraction of sp³-hybridized carbons (Fsp3) is 0.533. The molecule has 0 atom stereocenters. The van der Waals surface area contributed by atoms with Crippen molar-refractivity contribution in [2.24, 2.45) is 0 Å². The second kappa shape index (κ2) is 5.51. The molecule has 0 spiro atoms. The van der Waals surface area contributed by atoms with Crippen LogP contribution in [-0.4, -0.2) is 21.6 Å². The van der Waals surface area contributed by atoms with Crippen molar-refractivity contribution < 1.29 is 0 Å². The predicted octanol–water partition coefficient (Wildman–Crippen LogP) is 3.64. The van der Waals surface area contributed by atoms with E-state index >= 15 is 0 Å². The lowest BCUT2D eigenvalue weighted by molar-refractivity contribution is 0.425. The van der Waals surface area contributed by atoms with E-state index in [4.69, 9.17) is 16.6 Å². The minimum atomic E-state index is 0.145. The molecule has 0 amide bonds. The first-order valence-corrected chi connectivity index (χ1v) is 7.18. The molecule has 0 aliphatic carbocycles. The van der Waals surface area contributed by atoms with E-state index < -0.39 is 0 Å². The van der Waals surface area contributed by atoms with Gasteiger partial charge in [0.25, 0.3) is 0 Å². The molecule has 2 aromatic rings. The van der Waals surface area contributed by atoms with E-state index in [1.165, 1.54) is 0 Å². The van der Waals surface area contributed by atoms with Crippen molar-refractivity contribution in [3.05, 3.63) is 29.0 Å². The molecule has 104 valence electrons. The SMILES string of the molecule is CCn1c(CCNC(C)(C)C)nc2ccc(Cl)cc21. The molecule has 1 aromatic carbocycles. The van der Waals surface area contributed by atoms with E-state index in [9.17, 15) is 0 Å². The molecule has 1 heterocycles. The maximum atomic E-state index is 6.07. The Balaban J connectivity index is 2.23. The second-order valence-corrected chi connectivity index (χ2v) is 6.27. The largest absolute Gasteiger partial charge is 0.328 e. The summed E-state index contributed by atoms with van der Waals surface area (Å²) in [5, 5.41) is 4.26. The van der Waals surface area contributed by atoms with Crippen LogP contribution in [0.3, 0.4) is 0 Å². The zero-order valence-electron chi connectivity index (χ0n) is 12.1. The summed E-state index contributed by atoms with van der Waals surface area (Å²) in [6, 6.07) is 5.88. The number of aryl methyl sites for hydroxylation is 1. The number of fused-ring (bicyclic) bond motifs is 1. The first-order valence-electron chi connectivity index (χ1n) is 6.80. The Labute approximate surface area is 120 Å². The molecule has 0 fully saturated rings. The van der Waals surface area contributed by atoms with Gasteiger partial charge in [0.1, 0.15) is 5.82 Å². The van der Waals surface area contributed by atoms with E-state index in [2.05, 4.69) is 37.6 Å². The molecule has 3 nitrogen and oxygen atoms in total. The fourth-order valence-corrected chi connectivity index (χ4v) is 2.41. The summed E-state index contributed by atoms with van der Waals surface area (Å²) in [5.74, 6) is 1.12. The summed E-state index contributed by atoms with van der Waals surface area (Å²) >= 11 is 6.07. The standard InChI is InChI=1S/C15H22ClN3/c1-5-19-13-10-11(16)6-7-12(13)18-14(19)8-9-17-15(2,3)4/h6-7,10,17H,5,8-9H2,1-4H3. The summed E-state index contributed by atoms with van der Waals surface area (Å²) in [6.45, 7) is 10.5. The number of aromatic nitrogens is 2. The molecule has 0 aliphatic heterocycles. The number of benzene rings is 1. The first-order chi connectivity index (χ1) is 8.90. The van der Waals surface area contributed by atoms with Crippen molar-refractivity contribution in [3.8, 4) is 0 Å². The molecule has 0 bridgehead atoms. The quantitative estimate of drug-likeness (QED) is 0.926. The molecule has 0 aliphatic rings. The molecular weight excluding hydrogens is 258 g/mol. The van der Waals surface area contributed by atoms with Crippen molar-refractivity contribution in [1.29, 1.82) is 0 Å². The summed E-state index contributed by atoms with van der Waals surface area (Å²) in [5.41, 5.74) is 2.30. The highest BCUT2D eigenvalue weighted by atomic mass is 35.5. The molecule has 0 unspecified atom stereocenters. The molecule has 0 saturated carbocycles. The average molecular weight is 280 g/mol. The van der Waals surface area contributed by atoms with Gasteiger partial charge in [-0.05, 0) is 45.9 Å². The van der Waals surface area contributed by atoms with E-state index in [1.54, 1.807) is 0 Å². The van der Waals surface area contributed by atoms with Crippen molar-refractivity contribution in [2.45, 2.75) is 46.2 Å². The van der Waals surface area contributed by atoms with Gasteiger partial charge in [-0.3, -0.25) is 0 Å². The Morgan fingerprint density at radius 3 is 2.68 bits per heavy atom. The molecular formula is C15H22ClN3. The van der Waals surface area contributed by atoms with Crippen LogP contribution in [0.4, 0.5) is 0 Å². The van der Waals surface area contributed by atoms with Crippen molar-refractivity contribution in [1.82, 2.24) is 14.9 Å². The minimum absolute atomic E-state index is 0.145. The molecule has 0 radical (unpaired) electrons. The monoisotopic (exact) mass is 279 g/mol. The third-order valence-corrected chi connectivity index (χ3v) is 3.34. The van der Waals surface area contributed by atoms with Gasteiger partial charge in [-0.25, -0.2) is 4.98 Å². The fourth-order valence-electron chi connectivity index (χ4n) is 2.24. The summed E-state index contributed by atoms with van der Waals surface area (Å²) in [6.07, 6.45) is 0.928. The minimum Gasteiger partial charge on any atom is -0.328 e. The van der Waals surface area contributed by atoms with Crippen LogP contribution in [0, 0.1) is 0 Å². The Morgan fingerprint density at radius 2 is 2.05 bits per heavy atom. The van der Waals surface area contributed by atoms with Crippen molar-refractivity contribution in [3.63, 3.8) is 0 Å². The summed E-state index contributed by atoms with van der Waals surface area (Å²) < 4.78 is 2.24. The maximum absolute atomic E-state index is 6.07. The molecule has 1 N–H and O–H groups in total. The normalized spacial score (nSPS) is 12.3. The lowest BCUT2D eigenvalue weighted by Crippen LogP contribution is -2.37. The van der Waals surface area contributed by atoms with Gasteiger partial charge in [0.15, 0.2) is 0 Å². The van der Waals surface area contributed by atoms with Crippen LogP contribution in [0.5, 0.6) is 0 Å². The zero-order valence-corrected chi connectivity index (χ0v) is 12.9. The summed E-state index contributed by atoms with van der Waals surface area (Å²) in [7, 11) is 0. The van der Waals surface area contributed by atoms with E-state index in [-0.39, 0.29) is 5.54 Å². The number of hydrogen-bond acceptors (Lipinski definition) is 2. The Kier molecular flexibility index (Phi) is 4.16. The molecule has 1 aromatic heterocycles. The third-order valence-electron chi connectivity index (χ3n) is 3.11. The first kappa shape index (κ1) is 14.4. The van der Waals surface area contributed by atoms with Crippen LogP contribution < -0.4 is 5.32 Å². The van der Waals surface area contributed by atoms with Crippen LogP contribution in [0.15, 0.2) is 18.2 Å². The van der Waals surface area contributed by atoms with Gasteiger partial charge in [0.2, 0.25) is 0 Å². The topological polar surface area (TPSA) is 29.9 Å². The van der Waals surface area contributed by atoms with Crippen LogP contribution in [-0.2, 0) is 13.0 Å². The lowest BCUT2D eigenvalue weighted by atomic mass is 10.1. The second-order valence-electron chi connectivity index (χ2n) is 5.83. The van der Waals surface area contributed by atoms with Gasteiger partial charge < -0.3 is 9.88 Å². The van der Waals surface area contributed by atoms with Gasteiger partial charge in [-0.2, -0.15) is 0 Å². The Bertz CT molecular complexity index is 567. The van der Waals surface area contributed by atoms with Gasteiger partial charge in [0.05, 0.1) is 11.0 Å². The highest BCUT2D eigenvalue weighted by molar-refractivity contribution is 6.31. The average Bonchev–Trinajstić information content (AvgIpc) is 2.64. The van der Waals surface area contributed by atoms with Crippen molar-refractivity contribution in [2.75, 3.05) is 6.54 Å². The smallest absolute Gasteiger partial charge is 0.111 e. The molecule has 19 heavy (non-hydrogen) atoms. The van der Waals surface area contributed by atoms with E-state index in [0.29, 0.717) is 0 Å². The van der Waals surface area contributed by atoms with Crippen LogP contribution >= 0.6 is 11.6 Å². The van der Waals surface area contributed by atoms with Crippen LogP contribution in [0.2, 0.25) is 5.02 Å². The number of rotatable bonds is 4. The van der Waals surface area contributed by atoms with Gasteiger partial charge in [0, 0.05) is 30.1 Å². The van der Waals surface area contributed by atoms with Gasteiger partial charge >= 0.3 is 0 Å². The third kappa shape index (κ3) is 3.48.